The lowest BCUT2D eigenvalue weighted by Crippen LogP contribution is -2.56. The summed E-state index contributed by atoms with van der Waals surface area (Å²) in [6.07, 6.45) is 7.28. The lowest BCUT2D eigenvalue weighted by atomic mass is 10.0. The molecule has 1 aliphatic carbocycles. The summed E-state index contributed by atoms with van der Waals surface area (Å²) in [6, 6.07) is 1.08. The fourth-order valence-electron chi connectivity index (χ4n) is 3.28. The Bertz CT molecular complexity index is 262. The Balaban J connectivity index is 1.91. The molecule has 17 heavy (non-hydrogen) atoms. The standard InChI is InChI=1S/C13H24N2O2/c1-11-10-14(13(16)17)8-9-15(11)12-6-4-2-3-5-7-12/h11-12H,2-10H2,1H3,(H,16,17). The van der Waals surface area contributed by atoms with E-state index in [4.69, 9.17) is 5.11 Å². The molecule has 1 aliphatic heterocycles. The predicted molar refractivity (Wildman–Crippen MR) is 67.3 cm³/mol. The Morgan fingerprint density at radius 3 is 2.29 bits per heavy atom. The van der Waals surface area contributed by atoms with E-state index in [0.29, 0.717) is 25.2 Å². The lowest BCUT2D eigenvalue weighted by molar-refractivity contribution is 0.0438. The van der Waals surface area contributed by atoms with Gasteiger partial charge in [-0.05, 0) is 19.8 Å². The van der Waals surface area contributed by atoms with Gasteiger partial charge in [-0.2, -0.15) is 0 Å². The topological polar surface area (TPSA) is 43.8 Å². The molecule has 0 spiro atoms. The third-order valence-electron chi connectivity index (χ3n) is 4.24. The summed E-state index contributed by atoms with van der Waals surface area (Å²) in [5, 5.41) is 9.01. The minimum absolute atomic E-state index is 0.378. The molecule has 0 bridgehead atoms. The van der Waals surface area contributed by atoms with E-state index in [2.05, 4.69) is 11.8 Å². The number of carboxylic acid groups (broad SMARTS) is 1. The summed E-state index contributed by atoms with van der Waals surface area (Å²) in [6.45, 7) is 4.43. The summed E-state index contributed by atoms with van der Waals surface area (Å²) in [5.74, 6) is 0. The predicted octanol–water partition coefficient (Wildman–Crippen LogP) is 2.39. The molecule has 1 amide bonds. The Labute approximate surface area is 104 Å². The minimum Gasteiger partial charge on any atom is -0.465 e. The molecule has 1 heterocycles. The zero-order valence-corrected chi connectivity index (χ0v) is 10.8. The summed E-state index contributed by atoms with van der Waals surface area (Å²) in [7, 11) is 0. The van der Waals surface area contributed by atoms with Crippen LogP contribution < -0.4 is 0 Å². The zero-order chi connectivity index (χ0) is 12.3. The first-order chi connectivity index (χ1) is 8.18. The third-order valence-corrected chi connectivity index (χ3v) is 4.24. The van der Waals surface area contributed by atoms with Crippen LogP contribution in [0.1, 0.15) is 45.4 Å². The second-order valence-electron chi connectivity index (χ2n) is 5.46. The first kappa shape index (κ1) is 12.7. The Morgan fingerprint density at radius 2 is 1.76 bits per heavy atom. The zero-order valence-electron chi connectivity index (χ0n) is 10.8. The molecular weight excluding hydrogens is 216 g/mol. The summed E-state index contributed by atoms with van der Waals surface area (Å²) in [4.78, 5) is 15.0. The van der Waals surface area contributed by atoms with Crippen LogP contribution in [0.3, 0.4) is 0 Å². The fraction of sp³-hybridized carbons (Fsp3) is 0.923. The largest absolute Gasteiger partial charge is 0.465 e. The van der Waals surface area contributed by atoms with E-state index < -0.39 is 6.09 Å². The van der Waals surface area contributed by atoms with Gasteiger partial charge in [0.2, 0.25) is 0 Å². The Kier molecular flexibility index (Phi) is 4.26. The van der Waals surface area contributed by atoms with Gasteiger partial charge in [0.05, 0.1) is 0 Å². The second-order valence-corrected chi connectivity index (χ2v) is 5.46. The molecule has 1 unspecified atom stereocenters. The maximum absolute atomic E-state index is 10.9. The molecule has 2 aliphatic rings. The van der Waals surface area contributed by atoms with E-state index in [1.807, 2.05) is 0 Å². The average molecular weight is 240 g/mol. The number of hydrogen-bond donors (Lipinski definition) is 1. The van der Waals surface area contributed by atoms with Gasteiger partial charge in [0.25, 0.3) is 0 Å². The number of rotatable bonds is 1. The van der Waals surface area contributed by atoms with Crippen molar-refractivity contribution >= 4 is 6.09 Å². The van der Waals surface area contributed by atoms with Crippen molar-refractivity contribution in [2.75, 3.05) is 19.6 Å². The highest BCUT2D eigenvalue weighted by Crippen LogP contribution is 2.25. The lowest BCUT2D eigenvalue weighted by Gasteiger charge is -2.43. The summed E-state index contributed by atoms with van der Waals surface area (Å²) < 4.78 is 0. The molecule has 0 radical (unpaired) electrons. The van der Waals surface area contributed by atoms with Crippen LogP contribution in [0.4, 0.5) is 4.79 Å². The van der Waals surface area contributed by atoms with Gasteiger partial charge in [-0.1, -0.05) is 25.7 Å². The van der Waals surface area contributed by atoms with E-state index >= 15 is 0 Å². The van der Waals surface area contributed by atoms with Gasteiger partial charge in [0, 0.05) is 31.7 Å². The number of hydrogen-bond acceptors (Lipinski definition) is 2. The van der Waals surface area contributed by atoms with Gasteiger partial charge in [0.15, 0.2) is 0 Å². The second kappa shape index (κ2) is 5.71. The molecular formula is C13H24N2O2. The summed E-state index contributed by atoms with van der Waals surface area (Å²) >= 11 is 0. The Hall–Kier alpha value is -0.770. The first-order valence-corrected chi connectivity index (χ1v) is 6.92. The average Bonchev–Trinajstić information content (AvgIpc) is 2.57. The van der Waals surface area contributed by atoms with Gasteiger partial charge in [-0.25, -0.2) is 4.79 Å². The molecule has 1 saturated heterocycles. The van der Waals surface area contributed by atoms with Crippen LogP contribution in [0.25, 0.3) is 0 Å². The maximum Gasteiger partial charge on any atom is 0.407 e. The van der Waals surface area contributed by atoms with Gasteiger partial charge < -0.3 is 10.0 Å². The highest BCUT2D eigenvalue weighted by Gasteiger charge is 2.31. The molecule has 2 rings (SSSR count). The Morgan fingerprint density at radius 1 is 1.12 bits per heavy atom. The van der Waals surface area contributed by atoms with Crippen LogP contribution in [-0.2, 0) is 0 Å². The van der Waals surface area contributed by atoms with Crippen molar-refractivity contribution in [1.29, 1.82) is 0 Å². The van der Waals surface area contributed by atoms with Crippen LogP contribution in [-0.4, -0.2) is 52.7 Å². The molecule has 0 aromatic carbocycles. The number of piperazine rings is 1. The third kappa shape index (κ3) is 3.12. The van der Waals surface area contributed by atoms with Crippen LogP contribution >= 0.6 is 0 Å². The highest BCUT2D eigenvalue weighted by molar-refractivity contribution is 5.65. The van der Waals surface area contributed by atoms with E-state index in [1.165, 1.54) is 38.5 Å². The summed E-state index contributed by atoms with van der Waals surface area (Å²) in [5.41, 5.74) is 0. The molecule has 0 aromatic rings. The van der Waals surface area contributed by atoms with E-state index in [-0.39, 0.29) is 0 Å². The van der Waals surface area contributed by atoms with Gasteiger partial charge >= 0.3 is 6.09 Å². The quantitative estimate of drug-likeness (QED) is 0.716. The smallest absolute Gasteiger partial charge is 0.407 e. The fourth-order valence-corrected chi connectivity index (χ4v) is 3.28. The van der Waals surface area contributed by atoms with Crippen molar-refractivity contribution in [3.63, 3.8) is 0 Å². The van der Waals surface area contributed by atoms with Crippen molar-refractivity contribution in [3.8, 4) is 0 Å². The molecule has 1 saturated carbocycles. The van der Waals surface area contributed by atoms with Crippen molar-refractivity contribution in [2.45, 2.75) is 57.5 Å². The van der Waals surface area contributed by atoms with Crippen LogP contribution in [0.15, 0.2) is 0 Å². The van der Waals surface area contributed by atoms with Gasteiger partial charge in [-0.15, -0.1) is 0 Å². The maximum atomic E-state index is 10.9. The van der Waals surface area contributed by atoms with E-state index in [0.717, 1.165) is 6.54 Å². The SMILES string of the molecule is CC1CN(C(=O)O)CCN1C1CCCCCC1. The monoisotopic (exact) mass is 240 g/mol. The first-order valence-electron chi connectivity index (χ1n) is 6.92. The van der Waals surface area contributed by atoms with Gasteiger partial charge in [-0.3, -0.25) is 4.90 Å². The van der Waals surface area contributed by atoms with Crippen LogP contribution in [0.2, 0.25) is 0 Å². The normalized spacial score (nSPS) is 29.0. The van der Waals surface area contributed by atoms with Crippen molar-refractivity contribution < 1.29 is 9.90 Å². The number of carbonyl (C=O) groups is 1. The molecule has 98 valence electrons. The van der Waals surface area contributed by atoms with Crippen LogP contribution in [0.5, 0.6) is 0 Å². The minimum atomic E-state index is -0.766. The molecule has 1 N–H and O–H groups in total. The molecule has 4 nitrogen and oxygen atoms in total. The molecule has 0 aromatic heterocycles. The van der Waals surface area contributed by atoms with Gasteiger partial charge in [0.1, 0.15) is 0 Å². The molecule has 4 heteroatoms. The molecule has 1 atom stereocenters. The number of amides is 1. The molecule has 2 fully saturated rings. The van der Waals surface area contributed by atoms with E-state index in [1.54, 1.807) is 4.90 Å². The van der Waals surface area contributed by atoms with Crippen molar-refractivity contribution in [3.05, 3.63) is 0 Å². The van der Waals surface area contributed by atoms with E-state index in [9.17, 15) is 4.79 Å². The number of nitrogens with zero attached hydrogens (tertiary/aromatic N) is 2. The highest BCUT2D eigenvalue weighted by atomic mass is 16.4. The van der Waals surface area contributed by atoms with Crippen molar-refractivity contribution in [2.24, 2.45) is 0 Å². The van der Waals surface area contributed by atoms with Crippen LogP contribution in [0, 0.1) is 0 Å². The van der Waals surface area contributed by atoms with Crippen molar-refractivity contribution in [1.82, 2.24) is 9.80 Å².